The molecule has 0 saturated carbocycles. The Bertz CT molecular complexity index is 2450. The van der Waals surface area contributed by atoms with Crippen LogP contribution >= 0.6 is 0 Å². The molecule has 0 bridgehead atoms. The van der Waals surface area contributed by atoms with Crippen LogP contribution < -0.4 is 0 Å². The molecule has 0 unspecified atom stereocenters. The molecular weight excluding hydrogens is 520 g/mol. The molecule has 0 fully saturated rings. The zero-order chi connectivity index (χ0) is 28.3. The largest absolute Gasteiger partial charge is 0.308 e. The van der Waals surface area contributed by atoms with Crippen LogP contribution in [0.5, 0.6) is 0 Å². The van der Waals surface area contributed by atoms with Gasteiger partial charge in [0.05, 0.1) is 28.4 Å². The molecule has 2 nitrogen and oxygen atoms in total. The summed E-state index contributed by atoms with van der Waals surface area (Å²) in [5, 5.41) is 8.69. The van der Waals surface area contributed by atoms with Gasteiger partial charge in [-0.2, -0.15) is 0 Å². The van der Waals surface area contributed by atoms with E-state index in [1.165, 1.54) is 65.6 Å². The minimum atomic E-state index is 1.01. The summed E-state index contributed by atoms with van der Waals surface area (Å²) in [5.41, 5.74) is 9.46. The van der Waals surface area contributed by atoms with Crippen LogP contribution in [0.3, 0.4) is 0 Å². The lowest BCUT2D eigenvalue weighted by atomic mass is 9.86. The van der Waals surface area contributed by atoms with Gasteiger partial charge in [0.1, 0.15) is 0 Å². The Morgan fingerprint density at radius 1 is 0.395 bits per heavy atom. The quantitative estimate of drug-likeness (QED) is 0.202. The predicted molar refractivity (Wildman–Crippen MR) is 182 cm³/mol. The van der Waals surface area contributed by atoms with E-state index in [4.69, 9.17) is 4.98 Å². The minimum absolute atomic E-state index is 1.01. The first-order valence-corrected chi connectivity index (χ1v) is 14.7. The first-order valence-electron chi connectivity index (χ1n) is 14.7. The molecule has 9 aromatic rings. The Balaban J connectivity index is 1.35. The second kappa shape index (κ2) is 9.40. The molecule has 0 atom stereocenters. The van der Waals surface area contributed by atoms with Crippen molar-refractivity contribution in [2.75, 3.05) is 0 Å². The Labute approximate surface area is 249 Å². The molecule has 2 heteroatoms. The van der Waals surface area contributed by atoms with Crippen LogP contribution in [0.25, 0.3) is 82.2 Å². The van der Waals surface area contributed by atoms with Crippen LogP contribution in [0.1, 0.15) is 0 Å². The van der Waals surface area contributed by atoms with Gasteiger partial charge in [0.25, 0.3) is 0 Å². The smallest absolute Gasteiger partial charge is 0.0703 e. The molecule has 0 N–H and O–H groups in total. The van der Waals surface area contributed by atoms with Crippen LogP contribution in [0.4, 0.5) is 0 Å². The summed E-state index contributed by atoms with van der Waals surface area (Å²) < 4.78 is 2.35. The van der Waals surface area contributed by atoms with Gasteiger partial charge in [-0.25, -0.2) is 0 Å². The number of benzene rings is 7. The van der Waals surface area contributed by atoms with E-state index >= 15 is 0 Å². The third-order valence-corrected chi connectivity index (χ3v) is 8.79. The van der Waals surface area contributed by atoms with Crippen LogP contribution in [0, 0.1) is 0 Å². The summed E-state index contributed by atoms with van der Waals surface area (Å²) in [5.74, 6) is 0. The fraction of sp³-hybridized carbons (Fsp3) is 0. The van der Waals surface area contributed by atoms with Crippen molar-refractivity contribution in [3.05, 3.63) is 158 Å². The van der Waals surface area contributed by atoms with Crippen molar-refractivity contribution in [3.63, 3.8) is 0 Å². The lowest BCUT2D eigenvalue weighted by Crippen LogP contribution is -1.95. The third-order valence-electron chi connectivity index (χ3n) is 8.79. The van der Waals surface area contributed by atoms with E-state index in [1.54, 1.807) is 0 Å². The van der Waals surface area contributed by atoms with Gasteiger partial charge in [0.15, 0.2) is 0 Å². The van der Waals surface area contributed by atoms with E-state index in [1.807, 2.05) is 12.3 Å². The Morgan fingerprint density at radius 3 is 1.67 bits per heavy atom. The molecule has 2 aromatic heterocycles. The fourth-order valence-electron chi connectivity index (χ4n) is 6.94. The molecule has 0 aliphatic heterocycles. The van der Waals surface area contributed by atoms with Crippen molar-refractivity contribution in [3.8, 4) is 27.9 Å². The standard InChI is InChI=1S/C41H26N2/c1-2-12-27(13-3-1)40-32-16-5-7-18-34(32)41(35-19-8-6-17-33(35)40)29-22-23-39-36(25-29)31-15-9-11-21-38(31)43(39)30-24-28-14-4-10-20-37(28)42-26-30/h1-26H. The van der Waals surface area contributed by atoms with Crippen LogP contribution in [0.15, 0.2) is 158 Å². The van der Waals surface area contributed by atoms with Gasteiger partial charge in [0, 0.05) is 16.2 Å². The molecule has 0 radical (unpaired) electrons. The lowest BCUT2D eigenvalue weighted by Gasteiger charge is -2.18. The van der Waals surface area contributed by atoms with Crippen molar-refractivity contribution in [1.29, 1.82) is 0 Å². The summed E-state index contributed by atoms with van der Waals surface area (Å²) in [7, 11) is 0. The molecule has 200 valence electrons. The molecule has 0 aliphatic rings. The van der Waals surface area contributed by atoms with Crippen molar-refractivity contribution >= 4 is 54.3 Å². The van der Waals surface area contributed by atoms with E-state index in [9.17, 15) is 0 Å². The second-order valence-electron chi connectivity index (χ2n) is 11.2. The zero-order valence-electron chi connectivity index (χ0n) is 23.4. The molecule has 43 heavy (non-hydrogen) atoms. The maximum absolute atomic E-state index is 4.80. The Kier molecular flexibility index (Phi) is 5.23. The van der Waals surface area contributed by atoms with E-state index < -0.39 is 0 Å². The number of rotatable bonds is 3. The average molecular weight is 547 g/mol. The van der Waals surface area contributed by atoms with E-state index in [0.717, 1.165) is 16.6 Å². The first kappa shape index (κ1) is 23.9. The lowest BCUT2D eigenvalue weighted by molar-refractivity contribution is 1.16. The highest BCUT2D eigenvalue weighted by Gasteiger charge is 2.18. The Morgan fingerprint density at radius 2 is 0.953 bits per heavy atom. The molecule has 0 saturated heterocycles. The predicted octanol–water partition coefficient (Wildman–Crippen LogP) is 11.0. The number of aromatic nitrogens is 2. The fourth-order valence-corrected chi connectivity index (χ4v) is 6.94. The molecule has 9 rings (SSSR count). The maximum atomic E-state index is 4.80. The molecule has 2 heterocycles. The molecule has 0 amide bonds. The topological polar surface area (TPSA) is 17.8 Å². The van der Waals surface area contributed by atoms with Crippen LogP contribution in [-0.2, 0) is 0 Å². The van der Waals surface area contributed by atoms with Crippen molar-refractivity contribution in [2.45, 2.75) is 0 Å². The molecule has 0 aliphatic carbocycles. The van der Waals surface area contributed by atoms with Gasteiger partial charge in [-0.1, -0.05) is 121 Å². The molecular formula is C41H26N2. The average Bonchev–Trinajstić information content (AvgIpc) is 3.41. The molecule has 0 spiro atoms. The van der Waals surface area contributed by atoms with Gasteiger partial charge in [-0.3, -0.25) is 4.98 Å². The normalized spacial score (nSPS) is 11.7. The van der Waals surface area contributed by atoms with Gasteiger partial charge in [-0.15, -0.1) is 0 Å². The number of para-hydroxylation sites is 2. The highest BCUT2D eigenvalue weighted by molar-refractivity contribution is 6.22. The summed E-state index contributed by atoms with van der Waals surface area (Å²) in [6.07, 6.45) is 1.99. The van der Waals surface area contributed by atoms with E-state index in [2.05, 4.69) is 150 Å². The SMILES string of the molecule is c1ccc(-c2c3ccccc3c(-c3ccc4c(c3)c3ccccc3n4-c3cnc4ccccc4c3)c3ccccc23)cc1. The zero-order valence-corrected chi connectivity index (χ0v) is 23.4. The number of nitrogens with zero attached hydrogens (tertiary/aromatic N) is 2. The summed E-state index contributed by atoms with van der Waals surface area (Å²) in [6.45, 7) is 0. The van der Waals surface area contributed by atoms with Crippen molar-refractivity contribution in [1.82, 2.24) is 9.55 Å². The van der Waals surface area contributed by atoms with Crippen LogP contribution in [0.2, 0.25) is 0 Å². The van der Waals surface area contributed by atoms with E-state index in [-0.39, 0.29) is 0 Å². The summed E-state index contributed by atoms with van der Waals surface area (Å²) in [6, 6.07) is 54.7. The van der Waals surface area contributed by atoms with Gasteiger partial charge >= 0.3 is 0 Å². The second-order valence-corrected chi connectivity index (χ2v) is 11.2. The van der Waals surface area contributed by atoms with Gasteiger partial charge in [0.2, 0.25) is 0 Å². The third kappa shape index (κ3) is 3.63. The highest BCUT2D eigenvalue weighted by atomic mass is 15.0. The number of hydrogen-bond donors (Lipinski definition) is 0. The van der Waals surface area contributed by atoms with Crippen LogP contribution in [-0.4, -0.2) is 9.55 Å². The monoisotopic (exact) mass is 546 g/mol. The van der Waals surface area contributed by atoms with E-state index in [0.29, 0.717) is 0 Å². The van der Waals surface area contributed by atoms with Gasteiger partial charge in [-0.05, 0) is 74.1 Å². The Hall–Kier alpha value is -5.73. The number of fused-ring (bicyclic) bond motifs is 6. The number of hydrogen-bond acceptors (Lipinski definition) is 1. The van der Waals surface area contributed by atoms with Gasteiger partial charge < -0.3 is 4.57 Å². The summed E-state index contributed by atoms with van der Waals surface area (Å²) in [4.78, 5) is 4.80. The number of pyridine rings is 1. The maximum Gasteiger partial charge on any atom is 0.0703 e. The molecule has 7 aromatic carbocycles. The summed E-state index contributed by atoms with van der Waals surface area (Å²) >= 11 is 0. The minimum Gasteiger partial charge on any atom is -0.308 e. The van der Waals surface area contributed by atoms with Crippen molar-refractivity contribution in [2.24, 2.45) is 0 Å². The van der Waals surface area contributed by atoms with Crippen molar-refractivity contribution < 1.29 is 0 Å². The first-order chi connectivity index (χ1) is 21.3. The highest BCUT2D eigenvalue weighted by Crippen LogP contribution is 2.45.